The number of rotatable bonds is 1. The van der Waals surface area contributed by atoms with Crippen LogP contribution in [-0.2, 0) is 14.3 Å². The number of methoxy groups -OCH3 is 1. The minimum atomic E-state index is -0.459. The number of benzene rings is 1. The maximum Gasteiger partial charge on any atom is 0.342 e. The number of carbonyl (C=O) groups is 2. The van der Waals surface area contributed by atoms with E-state index in [-0.39, 0.29) is 0 Å². The maximum atomic E-state index is 12.4. The van der Waals surface area contributed by atoms with Crippen molar-refractivity contribution in [3.8, 4) is 5.75 Å². The Bertz CT molecular complexity index is 763. The summed E-state index contributed by atoms with van der Waals surface area (Å²) in [5.74, 6) is -0.847. The molecule has 0 aromatic heterocycles. The van der Waals surface area contributed by atoms with E-state index in [0.717, 1.165) is 9.13 Å². The first-order chi connectivity index (χ1) is 10.4. The zero-order valence-electron chi connectivity index (χ0n) is 12.3. The van der Waals surface area contributed by atoms with Gasteiger partial charge in [-0.1, -0.05) is 0 Å². The lowest BCUT2D eigenvalue weighted by Gasteiger charge is -2.34. The highest BCUT2D eigenvalue weighted by molar-refractivity contribution is 14.1. The number of fused-ring (bicyclic) bond motifs is 3. The van der Waals surface area contributed by atoms with Gasteiger partial charge in [-0.3, -0.25) is 0 Å². The van der Waals surface area contributed by atoms with E-state index in [1.54, 1.807) is 19.9 Å². The molecule has 2 aliphatic heterocycles. The lowest BCUT2D eigenvalue weighted by molar-refractivity contribution is -0.136. The first-order valence-corrected chi connectivity index (χ1v) is 7.80. The fraction of sp³-hybridized carbons (Fsp3) is 0.250. The van der Waals surface area contributed by atoms with Crippen LogP contribution in [0.4, 0.5) is 0 Å². The molecule has 1 atom stereocenters. The predicted octanol–water partition coefficient (Wildman–Crippen LogP) is 2.62. The van der Waals surface area contributed by atoms with Crippen molar-refractivity contribution in [2.24, 2.45) is 0 Å². The molecule has 0 fully saturated rings. The minimum absolute atomic E-state index is 0.433. The summed E-state index contributed by atoms with van der Waals surface area (Å²) < 4.78 is 11.3. The third kappa shape index (κ3) is 2.22. The van der Waals surface area contributed by atoms with Crippen LogP contribution in [-0.4, -0.2) is 19.0 Å². The van der Waals surface area contributed by atoms with Crippen LogP contribution >= 0.6 is 22.6 Å². The smallest absolute Gasteiger partial charge is 0.342 e. The molecule has 6 heteroatoms. The van der Waals surface area contributed by atoms with Gasteiger partial charge in [0.05, 0.1) is 24.2 Å². The Balaban J connectivity index is 2.28. The zero-order valence-corrected chi connectivity index (χ0v) is 14.5. The van der Waals surface area contributed by atoms with E-state index >= 15 is 0 Å². The molecule has 0 spiro atoms. The van der Waals surface area contributed by atoms with Crippen molar-refractivity contribution in [3.63, 3.8) is 0 Å². The molecule has 22 heavy (non-hydrogen) atoms. The molecule has 1 aromatic carbocycles. The van der Waals surface area contributed by atoms with Crippen molar-refractivity contribution in [3.05, 3.63) is 49.9 Å². The summed E-state index contributed by atoms with van der Waals surface area (Å²) in [5.41, 5.74) is 3.10. The fourth-order valence-electron chi connectivity index (χ4n) is 2.95. The topological polar surface area (TPSA) is 64.6 Å². The van der Waals surface area contributed by atoms with Crippen LogP contribution < -0.4 is 10.1 Å². The lowest BCUT2D eigenvalue weighted by atomic mass is 9.79. The van der Waals surface area contributed by atoms with Gasteiger partial charge in [0.2, 0.25) is 0 Å². The second-order valence-corrected chi connectivity index (χ2v) is 6.44. The van der Waals surface area contributed by atoms with Gasteiger partial charge in [0.25, 0.3) is 0 Å². The van der Waals surface area contributed by atoms with Crippen molar-refractivity contribution < 1.29 is 19.1 Å². The van der Waals surface area contributed by atoms with Crippen molar-refractivity contribution in [1.29, 1.82) is 0 Å². The van der Waals surface area contributed by atoms with Gasteiger partial charge in [-0.05, 0) is 54.6 Å². The van der Waals surface area contributed by atoms with Crippen LogP contribution in [0.1, 0.15) is 25.3 Å². The predicted molar refractivity (Wildman–Crippen MR) is 88.1 cm³/mol. The SMILES string of the molecule is COC(=O)C1=C(C)NC(C)=C2C(=O)Oc3ccc(I)cc3[C@@H]12. The van der Waals surface area contributed by atoms with Gasteiger partial charge in [0, 0.05) is 20.5 Å². The number of halogens is 1. The van der Waals surface area contributed by atoms with E-state index < -0.39 is 17.9 Å². The molecule has 114 valence electrons. The summed E-state index contributed by atoms with van der Waals surface area (Å²) in [7, 11) is 1.34. The Hall–Kier alpha value is -1.83. The van der Waals surface area contributed by atoms with Gasteiger partial charge in [-0.2, -0.15) is 0 Å². The summed E-state index contributed by atoms with van der Waals surface area (Å²) >= 11 is 2.19. The lowest BCUT2D eigenvalue weighted by Crippen LogP contribution is -2.35. The largest absolute Gasteiger partial charge is 0.466 e. The highest BCUT2D eigenvalue weighted by atomic mass is 127. The van der Waals surface area contributed by atoms with Crippen LogP contribution in [0.5, 0.6) is 5.75 Å². The Kier molecular flexibility index (Phi) is 3.72. The molecule has 1 N–H and O–H groups in total. The van der Waals surface area contributed by atoms with Crippen LogP contribution in [0.3, 0.4) is 0 Å². The molecular formula is C16H14INO4. The van der Waals surface area contributed by atoms with Gasteiger partial charge in [-0.25, -0.2) is 9.59 Å². The highest BCUT2D eigenvalue weighted by Crippen LogP contribution is 2.46. The monoisotopic (exact) mass is 411 g/mol. The van der Waals surface area contributed by atoms with E-state index in [4.69, 9.17) is 9.47 Å². The molecule has 5 nitrogen and oxygen atoms in total. The molecule has 1 aromatic rings. The Morgan fingerprint density at radius 3 is 2.73 bits per heavy atom. The number of hydrogen-bond donors (Lipinski definition) is 1. The summed E-state index contributed by atoms with van der Waals surface area (Å²) in [4.78, 5) is 24.6. The van der Waals surface area contributed by atoms with E-state index in [9.17, 15) is 9.59 Å². The number of esters is 2. The molecule has 0 saturated carbocycles. The first-order valence-electron chi connectivity index (χ1n) is 6.72. The van der Waals surface area contributed by atoms with Crippen molar-refractivity contribution in [2.45, 2.75) is 19.8 Å². The average molecular weight is 411 g/mol. The fourth-order valence-corrected chi connectivity index (χ4v) is 3.46. The number of hydrogen-bond acceptors (Lipinski definition) is 5. The van der Waals surface area contributed by atoms with Gasteiger partial charge in [-0.15, -0.1) is 0 Å². The maximum absolute atomic E-state index is 12.4. The number of ether oxygens (including phenoxy) is 2. The van der Waals surface area contributed by atoms with Gasteiger partial charge < -0.3 is 14.8 Å². The van der Waals surface area contributed by atoms with Gasteiger partial charge in [0.1, 0.15) is 5.75 Å². The van der Waals surface area contributed by atoms with E-state index in [0.29, 0.717) is 28.3 Å². The Morgan fingerprint density at radius 1 is 1.32 bits per heavy atom. The molecule has 3 rings (SSSR count). The highest BCUT2D eigenvalue weighted by Gasteiger charge is 2.42. The zero-order chi connectivity index (χ0) is 16.0. The molecule has 0 radical (unpaired) electrons. The Morgan fingerprint density at radius 2 is 2.05 bits per heavy atom. The molecule has 0 amide bonds. The molecule has 0 aliphatic carbocycles. The number of carbonyl (C=O) groups excluding carboxylic acids is 2. The number of nitrogens with one attached hydrogen (secondary N) is 1. The van der Waals surface area contributed by atoms with Gasteiger partial charge >= 0.3 is 11.9 Å². The quantitative estimate of drug-likeness (QED) is 0.438. The van der Waals surface area contributed by atoms with E-state index in [1.807, 2.05) is 12.1 Å². The van der Waals surface area contributed by atoms with Crippen LogP contribution in [0.15, 0.2) is 40.7 Å². The summed E-state index contributed by atoms with van der Waals surface area (Å²) in [6, 6.07) is 5.55. The van der Waals surface area contributed by atoms with Crippen LogP contribution in [0.25, 0.3) is 0 Å². The normalized spacial score (nSPS) is 20.0. The third-order valence-electron chi connectivity index (χ3n) is 3.87. The molecule has 2 aliphatic rings. The molecule has 0 unspecified atom stereocenters. The summed E-state index contributed by atoms with van der Waals surface area (Å²) in [6.45, 7) is 3.61. The molecule has 0 saturated heterocycles. The van der Waals surface area contributed by atoms with Crippen molar-refractivity contribution in [2.75, 3.05) is 7.11 Å². The van der Waals surface area contributed by atoms with Crippen molar-refractivity contribution >= 4 is 34.5 Å². The molecule has 0 bridgehead atoms. The molecular weight excluding hydrogens is 397 g/mol. The average Bonchev–Trinajstić information content (AvgIpc) is 2.47. The minimum Gasteiger partial charge on any atom is -0.466 e. The second kappa shape index (κ2) is 5.42. The second-order valence-electron chi connectivity index (χ2n) is 5.20. The summed E-state index contributed by atoms with van der Waals surface area (Å²) in [6.07, 6.45) is 0. The first kappa shape index (κ1) is 15.1. The standard InChI is InChI=1S/C16H14INO4/c1-7-12(15(19)21-3)14-10-6-9(17)4-5-11(10)22-16(20)13(14)8(2)18-7/h4-6,14,18H,1-3H3/t14-/m0/s1. The van der Waals surface area contributed by atoms with Crippen molar-refractivity contribution in [1.82, 2.24) is 5.32 Å². The third-order valence-corrected chi connectivity index (χ3v) is 4.54. The van der Waals surface area contributed by atoms with E-state index in [2.05, 4.69) is 27.9 Å². The molecule has 2 heterocycles. The summed E-state index contributed by atoms with van der Waals surface area (Å²) in [5, 5.41) is 3.08. The van der Waals surface area contributed by atoms with Gasteiger partial charge in [0.15, 0.2) is 0 Å². The number of dihydropyridines is 1. The van der Waals surface area contributed by atoms with Crippen LogP contribution in [0, 0.1) is 3.57 Å². The number of allylic oxidation sites excluding steroid dienone is 2. The van der Waals surface area contributed by atoms with Crippen LogP contribution in [0.2, 0.25) is 0 Å². The van der Waals surface area contributed by atoms with E-state index in [1.165, 1.54) is 7.11 Å². The Labute approximate surface area is 141 Å².